The van der Waals surface area contributed by atoms with Gasteiger partial charge in [-0.25, -0.2) is 0 Å². The van der Waals surface area contributed by atoms with Crippen LogP contribution in [0, 0.1) is 5.92 Å². The van der Waals surface area contributed by atoms with Gasteiger partial charge in [0.25, 0.3) is 0 Å². The maximum absolute atomic E-state index is 9.47. The van der Waals surface area contributed by atoms with Crippen molar-refractivity contribution in [3.05, 3.63) is 24.0 Å². The van der Waals surface area contributed by atoms with E-state index in [9.17, 15) is 5.11 Å². The average Bonchev–Trinajstić information content (AvgIpc) is 2.83. The summed E-state index contributed by atoms with van der Waals surface area (Å²) in [7, 11) is 2.21. The Labute approximate surface area is 104 Å². The highest BCUT2D eigenvalue weighted by Crippen LogP contribution is 2.24. The molecule has 0 saturated heterocycles. The second-order valence-corrected chi connectivity index (χ2v) is 5.41. The number of nitrogens with zero attached hydrogens (tertiary/aromatic N) is 1. The topological polar surface area (TPSA) is 39.3 Å². The molecule has 17 heavy (non-hydrogen) atoms. The molecule has 0 aliphatic heterocycles. The van der Waals surface area contributed by atoms with Gasteiger partial charge >= 0.3 is 0 Å². The summed E-state index contributed by atoms with van der Waals surface area (Å²) in [6, 6.07) is 2.14. The van der Waals surface area contributed by atoms with Crippen molar-refractivity contribution in [2.75, 3.05) is 20.1 Å². The second-order valence-electron chi connectivity index (χ2n) is 5.41. The second kappa shape index (κ2) is 6.22. The van der Waals surface area contributed by atoms with E-state index in [1.54, 1.807) is 0 Å². The summed E-state index contributed by atoms with van der Waals surface area (Å²) in [4.78, 5) is 5.52. The van der Waals surface area contributed by atoms with E-state index >= 15 is 0 Å². The Hall–Kier alpha value is -0.800. The summed E-state index contributed by atoms with van der Waals surface area (Å²) >= 11 is 0. The zero-order valence-corrected chi connectivity index (χ0v) is 10.7. The highest BCUT2D eigenvalue weighted by molar-refractivity contribution is 5.08. The molecule has 2 rings (SSSR count). The molecule has 2 N–H and O–H groups in total. The summed E-state index contributed by atoms with van der Waals surface area (Å²) in [5.41, 5.74) is 1.39. The van der Waals surface area contributed by atoms with E-state index in [1.165, 1.54) is 24.9 Å². The lowest BCUT2D eigenvalue weighted by atomic mass is 9.87. The lowest BCUT2D eigenvalue weighted by Crippen LogP contribution is -2.31. The Bertz CT molecular complexity index is 302. The largest absolute Gasteiger partial charge is 0.393 e. The van der Waals surface area contributed by atoms with Crippen LogP contribution in [0.25, 0.3) is 0 Å². The van der Waals surface area contributed by atoms with Crippen molar-refractivity contribution in [1.29, 1.82) is 0 Å². The number of rotatable bonds is 5. The Kier molecular flexibility index (Phi) is 4.63. The Morgan fingerprint density at radius 3 is 2.76 bits per heavy atom. The summed E-state index contributed by atoms with van der Waals surface area (Å²) in [5.74, 6) is 0.787. The number of hydrogen-bond acceptors (Lipinski definition) is 2. The maximum atomic E-state index is 9.47. The van der Waals surface area contributed by atoms with Crippen LogP contribution < -0.4 is 0 Å². The van der Waals surface area contributed by atoms with Crippen molar-refractivity contribution in [3.8, 4) is 0 Å². The number of aromatic amines is 1. The van der Waals surface area contributed by atoms with Crippen LogP contribution in [0.1, 0.15) is 31.2 Å². The third-order valence-corrected chi connectivity index (χ3v) is 3.83. The Balaban J connectivity index is 1.65. The third kappa shape index (κ3) is 4.17. The van der Waals surface area contributed by atoms with Crippen molar-refractivity contribution in [2.45, 2.75) is 38.2 Å². The molecule has 1 aromatic heterocycles. The molecule has 0 amide bonds. The number of aromatic nitrogens is 1. The van der Waals surface area contributed by atoms with Gasteiger partial charge in [0.15, 0.2) is 0 Å². The van der Waals surface area contributed by atoms with Crippen LogP contribution >= 0.6 is 0 Å². The molecule has 0 atom stereocenters. The number of hydrogen-bond donors (Lipinski definition) is 2. The van der Waals surface area contributed by atoms with E-state index in [1.807, 2.05) is 6.20 Å². The minimum Gasteiger partial charge on any atom is -0.393 e. The molecule has 0 bridgehead atoms. The van der Waals surface area contributed by atoms with Crippen LogP contribution in [-0.2, 0) is 6.42 Å². The number of likely N-dealkylation sites (N-methyl/N-ethyl adjacent to an activating group) is 1. The molecule has 0 unspecified atom stereocenters. The van der Waals surface area contributed by atoms with Crippen LogP contribution in [0.2, 0.25) is 0 Å². The predicted molar refractivity (Wildman–Crippen MR) is 70.0 cm³/mol. The molecule has 0 aromatic carbocycles. The first-order valence-electron chi connectivity index (χ1n) is 6.72. The lowest BCUT2D eigenvalue weighted by Gasteiger charge is -2.29. The zero-order valence-electron chi connectivity index (χ0n) is 10.7. The standard InChI is InChI=1S/C14H24N2O/c1-16(9-7-12-6-8-15-10-12)11-13-2-4-14(17)5-3-13/h6,8,10,13-15,17H,2-5,7,9,11H2,1H3. The summed E-state index contributed by atoms with van der Waals surface area (Å²) in [6.07, 6.45) is 9.52. The van der Waals surface area contributed by atoms with Gasteiger partial charge in [0.05, 0.1) is 6.10 Å². The van der Waals surface area contributed by atoms with E-state index in [0.29, 0.717) is 0 Å². The summed E-state index contributed by atoms with van der Waals surface area (Å²) in [5, 5.41) is 9.47. The first kappa shape index (κ1) is 12.7. The normalized spacial score (nSPS) is 25.4. The van der Waals surface area contributed by atoms with E-state index in [4.69, 9.17) is 0 Å². The van der Waals surface area contributed by atoms with E-state index < -0.39 is 0 Å². The molecule has 1 aromatic rings. The smallest absolute Gasteiger partial charge is 0.0540 e. The minimum absolute atomic E-state index is 0.0311. The number of aliphatic hydroxyl groups is 1. The van der Waals surface area contributed by atoms with Gasteiger partial charge in [-0.2, -0.15) is 0 Å². The van der Waals surface area contributed by atoms with Crippen LogP contribution in [0.4, 0.5) is 0 Å². The molecule has 1 heterocycles. The quantitative estimate of drug-likeness (QED) is 0.821. The average molecular weight is 236 g/mol. The van der Waals surface area contributed by atoms with Crippen molar-refractivity contribution in [1.82, 2.24) is 9.88 Å². The molecule has 1 saturated carbocycles. The molecule has 3 heteroatoms. The van der Waals surface area contributed by atoms with Crippen LogP contribution in [0.5, 0.6) is 0 Å². The first-order valence-corrected chi connectivity index (χ1v) is 6.72. The highest BCUT2D eigenvalue weighted by Gasteiger charge is 2.20. The number of nitrogens with one attached hydrogen (secondary N) is 1. The highest BCUT2D eigenvalue weighted by atomic mass is 16.3. The zero-order chi connectivity index (χ0) is 12.1. The predicted octanol–water partition coefficient (Wildman–Crippen LogP) is 2.04. The monoisotopic (exact) mass is 236 g/mol. The van der Waals surface area contributed by atoms with Crippen molar-refractivity contribution >= 4 is 0 Å². The molecule has 1 aliphatic rings. The molecular weight excluding hydrogens is 212 g/mol. The molecule has 0 spiro atoms. The van der Waals surface area contributed by atoms with Crippen LogP contribution in [0.3, 0.4) is 0 Å². The van der Waals surface area contributed by atoms with Crippen LogP contribution in [-0.4, -0.2) is 41.2 Å². The fraction of sp³-hybridized carbons (Fsp3) is 0.714. The van der Waals surface area contributed by atoms with Crippen molar-refractivity contribution in [2.24, 2.45) is 5.92 Å². The van der Waals surface area contributed by atoms with E-state index in [0.717, 1.165) is 31.7 Å². The summed E-state index contributed by atoms with van der Waals surface area (Å²) in [6.45, 7) is 2.30. The first-order chi connectivity index (χ1) is 8.24. The van der Waals surface area contributed by atoms with Gasteiger partial charge in [0, 0.05) is 25.5 Å². The minimum atomic E-state index is -0.0311. The maximum Gasteiger partial charge on any atom is 0.0540 e. The molecule has 3 nitrogen and oxygen atoms in total. The van der Waals surface area contributed by atoms with Crippen molar-refractivity contribution < 1.29 is 5.11 Å². The number of aliphatic hydroxyl groups excluding tert-OH is 1. The summed E-state index contributed by atoms with van der Waals surface area (Å²) < 4.78 is 0. The molecule has 1 aliphatic carbocycles. The van der Waals surface area contributed by atoms with Gasteiger partial charge < -0.3 is 15.0 Å². The van der Waals surface area contributed by atoms with Crippen LogP contribution in [0.15, 0.2) is 18.5 Å². The van der Waals surface area contributed by atoms with Gasteiger partial charge in [-0.05, 0) is 56.7 Å². The fourth-order valence-electron chi connectivity index (χ4n) is 2.69. The molecule has 96 valence electrons. The Morgan fingerprint density at radius 2 is 2.12 bits per heavy atom. The van der Waals surface area contributed by atoms with E-state index in [2.05, 4.69) is 29.2 Å². The molecule has 0 radical (unpaired) electrons. The van der Waals surface area contributed by atoms with Gasteiger partial charge in [-0.1, -0.05) is 0 Å². The van der Waals surface area contributed by atoms with Gasteiger partial charge in [-0.15, -0.1) is 0 Å². The SMILES string of the molecule is CN(CCc1cc[nH]c1)CC1CCC(O)CC1. The molecular formula is C14H24N2O. The third-order valence-electron chi connectivity index (χ3n) is 3.83. The number of H-pyrrole nitrogens is 1. The van der Waals surface area contributed by atoms with E-state index in [-0.39, 0.29) is 6.10 Å². The van der Waals surface area contributed by atoms with Gasteiger partial charge in [0.1, 0.15) is 0 Å². The lowest BCUT2D eigenvalue weighted by molar-refractivity contribution is 0.0978. The fourth-order valence-corrected chi connectivity index (χ4v) is 2.69. The van der Waals surface area contributed by atoms with Gasteiger partial charge in [0.2, 0.25) is 0 Å². The van der Waals surface area contributed by atoms with Crippen molar-refractivity contribution in [3.63, 3.8) is 0 Å². The Morgan fingerprint density at radius 1 is 1.35 bits per heavy atom. The van der Waals surface area contributed by atoms with Gasteiger partial charge in [-0.3, -0.25) is 0 Å². The molecule has 1 fully saturated rings.